The van der Waals surface area contributed by atoms with Crippen molar-refractivity contribution in [2.45, 2.75) is 57.2 Å². The molecule has 2 aliphatic rings. The zero-order valence-electron chi connectivity index (χ0n) is 14.7. The number of carbonyl (C=O) groups is 1. The molecule has 0 unspecified atom stereocenters. The normalized spacial score (nSPS) is 27.8. The van der Waals surface area contributed by atoms with Crippen LogP contribution in [0.25, 0.3) is 0 Å². The van der Waals surface area contributed by atoms with Gasteiger partial charge in [-0.3, -0.25) is 4.79 Å². The van der Waals surface area contributed by atoms with E-state index in [1.54, 1.807) is 0 Å². The lowest BCUT2D eigenvalue weighted by Gasteiger charge is -2.27. The van der Waals surface area contributed by atoms with Gasteiger partial charge < -0.3 is 14.6 Å². The molecule has 4 atom stereocenters. The summed E-state index contributed by atoms with van der Waals surface area (Å²) in [5, 5.41) is 8.66. The molecule has 0 amide bonds. The number of carboxylic acid groups (broad SMARTS) is 1. The molecular weight excluding hydrogens is 316 g/mol. The number of para-hydroxylation sites is 1. The summed E-state index contributed by atoms with van der Waals surface area (Å²) < 4.78 is 12.0. The lowest BCUT2D eigenvalue weighted by molar-refractivity contribution is -0.137. The summed E-state index contributed by atoms with van der Waals surface area (Å²) in [6, 6.07) is 9.97. The first kappa shape index (κ1) is 18.0. The monoisotopic (exact) mass is 344 g/mol. The van der Waals surface area contributed by atoms with E-state index in [1.165, 1.54) is 12.8 Å². The summed E-state index contributed by atoms with van der Waals surface area (Å²) in [4.78, 5) is 10.5. The highest BCUT2D eigenvalue weighted by Crippen LogP contribution is 2.46. The van der Waals surface area contributed by atoms with E-state index in [4.69, 9.17) is 14.6 Å². The van der Waals surface area contributed by atoms with Crippen molar-refractivity contribution in [2.24, 2.45) is 11.8 Å². The molecule has 1 N–H and O–H groups in total. The highest BCUT2D eigenvalue weighted by atomic mass is 16.5. The molecule has 0 radical (unpaired) electrons. The average Bonchev–Trinajstić information content (AvgIpc) is 3.21. The number of hydrogen-bond donors (Lipinski definition) is 1. The molecule has 0 saturated carbocycles. The van der Waals surface area contributed by atoms with Crippen LogP contribution in [0, 0.1) is 11.8 Å². The SMILES string of the molecule is O=C(O)CCCC=CC[C@@H]1[C@@H](CCOc2ccccc2)[C@@H]2CC[C@H]1O2. The quantitative estimate of drug-likeness (QED) is 0.503. The average molecular weight is 344 g/mol. The zero-order valence-corrected chi connectivity index (χ0v) is 14.7. The predicted octanol–water partition coefficient (Wildman–Crippen LogP) is 4.45. The molecule has 2 heterocycles. The third-order valence-electron chi connectivity index (χ3n) is 5.39. The molecule has 0 aromatic heterocycles. The van der Waals surface area contributed by atoms with Gasteiger partial charge in [0.2, 0.25) is 0 Å². The molecule has 3 rings (SSSR count). The van der Waals surface area contributed by atoms with Crippen molar-refractivity contribution >= 4 is 5.97 Å². The minimum absolute atomic E-state index is 0.251. The van der Waals surface area contributed by atoms with Crippen molar-refractivity contribution in [3.8, 4) is 5.75 Å². The lowest BCUT2D eigenvalue weighted by atomic mass is 9.76. The minimum Gasteiger partial charge on any atom is -0.494 e. The van der Waals surface area contributed by atoms with E-state index in [-0.39, 0.29) is 6.42 Å². The number of unbranched alkanes of at least 4 members (excludes halogenated alkanes) is 1. The maximum Gasteiger partial charge on any atom is 0.303 e. The fraction of sp³-hybridized carbons (Fsp3) is 0.571. The Morgan fingerprint density at radius 1 is 1.16 bits per heavy atom. The van der Waals surface area contributed by atoms with Gasteiger partial charge in [0, 0.05) is 6.42 Å². The Hall–Kier alpha value is -1.81. The van der Waals surface area contributed by atoms with Crippen LogP contribution < -0.4 is 4.74 Å². The minimum atomic E-state index is -0.714. The summed E-state index contributed by atoms with van der Waals surface area (Å²) in [6.07, 6.45) is 11.4. The van der Waals surface area contributed by atoms with Crippen molar-refractivity contribution in [2.75, 3.05) is 6.61 Å². The lowest BCUT2D eigenvalue weighted by Crippen LogP contribution is -2.28. The predicted molar refractivity (Wildman–Crippen MR) is 96.7 cm³/mol. The van der Waals surface area contributed by atoms with Gasteiger partial charge in [-0.15, -0.1) is 0 Å². The van der Waals surface area contributed by atoms with Crippen molar-refractivity contribution in [3.63, 3.8) is 0 Å². The maximum absolute atomic E-state index is 10.5. The van der Waals surface area contributed by atoms with E-state index in [2.05, 4.69) is 12.2 Å². The molecule has 4 heteroatoms. The topological polar surface area (TPSA) is 55.8 Å². The number of rotatable bonds is 10. The molecule has 1 aromatic rings. The molecule has 2 aliphatic heterocycles. The van der Waals surface area contributed by atoms with Gasteiger partial charge in [0.25, 0.3) is 0 Å². The van der Waals surface area contributed by atoms with E-state index in [9.17, 15) is 4.79 Å². The van der Waals surface area contributed by atoms with Crippen LogP contribution in [-0.2, 0) is 9.53 Å². The Balaban J connectivity index is 1.43. The van der Waals surface area contributed by atoms with E-state index >= 15 is 0 Å². The molecule has 4 nitrogen and oxygen atoms in total. The first-order valence-electron chi connectivity index (χ1n) is 9.44. The first-order chi connectivity index (χ1) is 12.2. The second kappa shape index (κ2) is 9.04. The number of allylic oxidation sites excluding steroid dienone is 2. The Morgan fingerprint density at radius 3 is 2.68 bits per heavy atom. The van der Waals surface area contributed by atoms with Gasteiger partial charge in [-0.25, -0.2) is 0 Å². The second-order valence-electron chi connectivity index (χ2n) is 7.06. The fourth-order valence-electron chi connectivity index (χ4n) is 4.17. The number of fused-ring (bicyclic) bond motifs is 2. The van der Waals surface area contributed by atoms with Gasteiger partial charge in [-0.1, -0.05) is 30.4 Å². The van der Waals surface area contributed by atoms with Crippen molar-refractivity contribution in [1.82, 2.24) is 0 Å². The molecule has 2 bridgehead atoms. The van der Waals surface area contributed by atoms with E-state index in [0.717, 1.165) is 31.6 Å². The fourth-order valence-corrected chi connectivity index (χ4v) is 4.17. The van der Waals surface area contributed by atoms with Crippen molar-refractivity contribution in [1.29, 1.82) is 0 Å². The first-order valence-corrected chi connectivity index (χ1v) is 9.44. The molecule has 25 heavy (non-hydrogen) atoms. The number of carboxylic acids is 1. The summed E-state index contributed by atoms with van der Waals surface area (Å²) in [7, 11) is 0. The van der Waals surface area contributed by atoms with Gasteiger partial charge in [-0.2, -0.15) is 0 Å². The van der Waals surface area contributed by atoms with Gasteiger partial charge in [0.05, 0.1) is 18.8 Å². The zero-order chi connectivity index (χ0) is 17.5. The van der Waals surface area contributed by atoms with Gasteiger partial charge in [0.15, 0.2) is 0 Å². The van der Waals surface area contributed by atoms with E-state index in [0.29, 0.717) is 30.5 Å². The van der Waals surface area contributed by atoms with Crippen LogP contribution in [0.5, 0.6) is 5.75 Å². The van der Waals surface area contributed by atoms with E-state index in [1.807, 2.05) is 30.3 Å². The van der Waals surface area contributed by atoms with Crippen LogP contribution in [0.2, 0.25) is 0 Å². The highest BCUT2D eigenvalue weighted by molar-refractivity contribution is 5.66. The van der Waals surface area contributed by atoms with Crippen LogP contribution in [0.15, 0.2) is 42.5 Å². The molecule has 0 spiro atoms. The number of ether oxygens (including phenoxy) is 2. The largest absolute Gasteiger partial charge is 0.494 e. The van der Waals surface area contributed by atoms with Crippen LogP contribution in [0.4, 0.5) is 0 Å². The van der Waals surface area contributed by atoms with Crippen molar-refractivity contribution in [3.05, 3.63) is 42.5 Å². The second-order valence-corrected chi connectivity index (χ2v) is 7.06. The van der Waals surface area contributed by atoms with Crippen LogP contribution in [-0.4, -0.2) is 29.9 Å². The number of benzene rings is 1. The molecule has 1 aromatic carbocycles. The van der Waals surface area contributed by atoms with Gasteiger partial charge in [-0.05, 0) is 62.5 Å². The third kappa shape index (κ3) is 5.08. The molecule has 2 fully saturated rings. The third-order valence-corrected chi connectivity index (χ3v) is 5.39. The van der Waals surface area contributed by atoms with Crippen molar-refractivity contribution < 1.29 is 19.4 Å². The van der Waals surface area contributed by atoms with Gasteiger partial charge in [0.1, 0.15) is 5.75 Å². The summed E-state index contributed by atoms with van der Waals surface area (Å²) in [5.74, 6) is 1.37. The molecule has 2 saturated heterocycles. The Labute approximate surface area is 149 Å². The Bertz CT molecular complexity index is 569. The smallest absolute Gasteiger partial charge is 0.303 e. The molecular formula is C21H28O4. The standard InChI is InChI=1S/C21H28O4/c22-21(23)11-7-2-1-6-10-17-18(20-13-12-19(17)25-20)14-15-24-16-8-4-3-5-9-16/h1,3-6,8-9,17-20H,2,7,10-15H2,(H,22,23)/t17-,18-,19-,20+/m1/s1. The maximum atomic E-state index is 10.5. The van der Waals surface area contributed by atoms with Gasteiger partial charge >= 0.3 is 5.97 Å². The van der Waals surface area contributed by atoms with Crippen LogP contribution >= 0.6 is 0 Å². The Morgan fingerprint density at radius 2 is 1.92 bits per heavy atom. The number of aliphatic carboxylic acids is 1. The molecule has 136 valence electrons. The summed E-state index contributed by atoms with van der Waals surface area (Å²) in [6.45, 7) is 0.736. The highest BCUT2D eigenvalue weighted by Gasteiger charge is 2.47. The van der Waals surface area contributed by atoms with Crippen LogP contribution in [0.3, 0.4) is 0 Å². The Kier molecular flexibility index (Phi) is 6.51. The summed E-state index contributed by atoms with van der Waals surface area (Å²) >= 11 is 0. The summed E-state index contributed by atoms with van der Waals surface area (Å²) in [5.41, 5.74) is 0. The number of hydrogen-bond acceptors (Lipinski definition) is 3. The molecule has 0 aliphatic carbocycles. The van der Waals surface area contributed by atoms with E-state index < -0.39 is 5.97 Å². The van der Waals surface area contributed by atoms with Crippen LogP contribution in [0.1, 0.15) is 44.9 Å².